The molecule has 0 bridgehead atoms. The van der Waals surface area contributed by atoms with Gasteiger partial charge in [0, 0.05) is 11.6 Å². The van der Waals surface area contributed by atoms with Gasteiger partial charge in [-0.25, -0.2) is 4.98 Å². The fourth-order valence-electron chi connectivity index (χ4n) is 1.37. The molecule has 112 valence electrons. The van der Waals surface area contributed by atoms with Crippen LogP contribution in [0.15, 0.2) is 6.07 Å². The van der Waals surface area contributed by atoms with E-state index in [0.29, 0.717) is 0 Å². The predicted octanol–water partition coefficient (Wildman–Crippen LogP) is 3.43. The van der Waals surface area contributed by atoms with Gasteiger partial charge in [-0.2, -0.15) is 0 Å². The van der Waals surface area contributed by atoms with Crippen molar-refractivity contribution in [1.82, 2.24) is 4.98 Å². The summed E-state index contributed by atoms with van der Waals surface area (Å²) in [5, 5.41) is 0. The number of nitrogens with zero attached hydrogens (tertiary/aromatic N) is 1. The lowest BCUT2D eigenvalue weighted by Gasteiger charge is -2.15. The van der Waals surface area contributed by atoms with Crippen molar-refractivity contribution in [2.45, 2.75) is 25.6 Å². The molecular weight excluding hydrogens is 413 g/mol. The van der Waals surface area contributed by atoms with Crippen LogP contribution >= 0.6 is 34.2 Å². The zero-order valence-corrected chi connectivity index (χ0v) is 13.2. The van der Waals surface area contributed by atoms with Gasteiger partial charge in [0.2, 0.25) is 0 Å². The van der Waals surface area contributed by atoms with Gasteiger partial charge in [0.05, 0.1) is 24.6 Å². The molecule has 1 aromatic rings. The van der Waals surface area contributed by atoms with E-state index < -0.39 is 18.1 Å². The second kappa shape index (κ2) is 7.30. The monoisotopic (exact) mass is 423 g/mol. The molecule has 0 unspecified atom stereocenters. The van der Waals surface area contributed by atoms with Crippen LogP contribution in [0.5, 0.6) is 5.75 Å². The SMILES string of the molecule is CCOC(=O)Cc1c(OC(F)(F)F)cc(CCl)nc1I. The summed E-state index contributed by atoms with van der Waals surface area (Å²) in [6, 6.07) is 1.07. The highest BCUT2D eigenvalue weighted by Gasteiger charge is 2.33. The second-order valence-electron chi connectivity index (χ2n) is 3.54. The Morgan fingerprint density at radius 1 is 1.50 bits per heavy atom. The van der Waals surface area contributed by atoms with Gasteiger partial charge in [-0.1, -0.05) is 0 Å². The Morgan fingerprint density at radius 3 is 2.65 bits per heavy atom. The van der Waals surface area contributed by atoms with Crippen LogP contribution in [0, 0.1) is 3.70 Å². The van der Waals surface area contributed by atoms with Gasteiger partial charge in [0.15, 0.2) is 0 Å². The van der Waals surface area contributed by atoms with Gasteiger partial charge in [-0.05, 0) is 29.5 Å². The summed E-state index contributed by atoms with van der Waals surface area (Å²) in [7, 11) is 0. The minimum absolute atomic E-state index is 0.0234. The molecule has 0 fully saturated rings. The van der Waals surface area contributed by atoms with Crippen LogP contribution in [0.25, 0.3) is 0 Å². The lowest BCUT2D eigenvalue weighted by atomic mass is 10.2. The number of alkyl halides is 4. The molecule has 4 nitrogen and oxygen atoms in total. The molecule has 0 aliphatic heterocycles. The smallest absolute Gasteiger partial charge is 0.466 e. The van der Waals surface area contributed by atoms with Gasteiger partial charge >= 0.3 is 12.3 Å². The maximum atomic E-state index is 12.4. The minimum Gasteiger partial charge on any atom is -0.466 e. The highest BCUT2D eigenvalue weighted by Crippen LogP contribution is 2.30. The number of carbonyl (C=O) groups excluding carboxylic acids is 1. The lowest BCUT2D eigenvalue weighted by Crippen LogP contribution is -2.20. The van der Waals surface area contributed by atoms with Crippen LogP contribution in [-0.2, 0) is 21.8 Å². The van der Waals surface area contributed by atoms with Crippen LogP contribution in [0.2, 0.25) is 0 Å². The van der Waals surface area contributed by atoms with E-state index in [1.807, 2.05) is 0 Å². The third-order valence-electron chi connectivity index (χ3n) is 2.07. The van der Waals surface area contributed by atoms with Crippen molar-refractivity contribution in [2.24, 2.45) is 0 Å². The number of hydrogen-bond donors (Lipinski definition) is 0. The summed E-state index contributed by atoms with van der Waals surface area (Å²) in [6.07, 6.45) is -5.22. The van der Waals surface area contributed by atoms with Crippen LogP contribution in [0.4, 0.5) is 13.2 Å². The molecule has 1 heterocycles. The molecule has 0 spiro atoms. The Bertz CT molecular complexity index is 497. The molecule has 0 aliphatic carbocycles. The number of ether oxygens (including phenoxy) is 2. The van der Waals surface area contributed by atoms with Crippen LogP contribution in [-0.4, -0.2) is 23.9 Å². The fraction of sp³-hybridized carbons (Fsp3) is 0.455. The zero-order valence-electron chi connectivity index (χ0n) is 10.3. The average Bonchev–Trinajstić information content (AvgIpc) is 2.31. The molecule has 0 aliphatic rings. The average molecular weight is 424 g/mol. The van der Waals surface area contributed by atoms with E-state index in [1.165, 1.54) is 0 Å². The third-order valence-corrected chi connectivity index (χ3v) is 3.24. The zero-order chi connectivity index (χ0) is 15.3. The molecule has 0 aromatic carbocycles. The van der Waals surface area contributed by atoms with E-state index in [1.54, 1.807) is 29.5 Å². The lowest BCUT2D eigenvalue weighted by molar-refractivity contribution is -0.275. The van der Waals surface area contributed by atoms with Crippen molar-refractivity contribution in [1.29, 1.82) is 0 Å². The van der Waals surface area contributed by atoms with Crippen LogP contribution < -0.4 is 4.74 Å². The molecule has 0 saturated heterocycles. The van der Waals surface area contributed by atoms with E-state index in [-0.39, 0.29) is 33.9 Å². The summed E-state index contributed by atoms with van der Waals surface area (Å²) >= 11 is 7.28. The largest absolute Gasteiger partial charge is 0.573 e. The maximum Gasteiger partial charge on any atom is 0.573 e. The summed E-state index contributed by atoms with van der Waals surface area (Å²) in [4.78, 5) is 15.4. The van der Waals surface area contributed by atoms with Gasteiger partial charge in [0.1, 0.15) is 9.45 Å². The summed E-state index contributed by atoms with van der Waals surface area (Å²) in [6.45, 7) is 1.74. The number of aromatic nitrogens is 1. The molecular formula is C11H10ClF3INO3. The first-order chi connectivity index (χ1) is 9.26. The Labute approximate surface area is 131 Å². The first kappa shape index (κ1) is 17.3. The Balaban J connectivity index is 3.15. The summed E-state index contributed by atoms with van der Waals surface area (Å²) in [5.74, 6) is -1.21. The van der Waals surface area contributed by atoms with Crippen molar-refractivity contribution >= 4 is 40.2 Å². The topological polar surface area (TPSA) is 48.4 Å². The van der Waals surface area contributed by atoms with Crippen LogP contribution in [0.3, 0.4) is 0 Å². The van der Waals surface area contributed by atoms with E-state index >= 15 is 0 Å². The predicted molar refractivity (Wildman–Crippen MR) is 73.5 cm³/mol. The quantitative estimate of drug-likeness (QED) is 0.315. The number of rotatable bonds is 5. The van der Waals surface area contributed by atoms with Crippen molar-refractivity contribution in [3.8, 4) is 5.75 Å². The molecule has 0 saturated carbocycles. The van der Waals surface area contributed by atoms with Crippen LogP contribution in [0.1, 0.15) is 18.2 Å². The van der Waals surface area contributed by atoms with E-state index in [2.05, 4.69) is 9.72 Å². The molecule has 0 atom stereocenters. The van der Waals surface area contributed by atoms with Gasteiger partial charge in [-0.15, -0.1) is 24.8 Å². The van der Waals surface area contributed by atoms with Crippen molar-refractivity contribution in [3.05, 3.63) is 21.0 Å². The minimum atomic E-state index is -4.86. The first-order valence-electron chi connectivity index (χ1n) is 5.42. The summed E-state index contributed by atoms with van der Waals surface area (Å²) < 4.78 is 46.0. The van der Waals surface area contributed by atoms with Crippen molar-refractivity contribution < 1.29 is 27.4 Å². The number of hydrogen-bond acceptors (Lipinski definition) is 4. The van der Waals surface area contributed by atoms with Gasteiger partial charge < -0.3 is 9.47 Å². The Morgan fingerprint density at radius 2 is 2.15 bits per heavy atom. The highest BCUT2D eigenvalue weighted by molar-refractivity contribution is 14.1. The first-order valence-corrected chi connectivity index (χ1v) is 7.03. The third kappa shape index (κ3) is 5.31. The molecule has 1 aromatic heterocycles. The Kier molecular flexibility index (Phi) is 6.31. The molecule has 9 heteroatoms. The van der Waals surface area contributed by atoms with E-state index in [0.717, 1.165) is 6.07 Å². The van der Waals surface area contributed by atoms with E-state index in [4.69, 9.17) is 16.3 Å². The standard InChI is InChI=1S/C11H10ClF3INO3/c1-2-19-9(18)4-7-8(20-11(13,14)15)3-6(5-12)17-10(7)16/h3H,2,4-5H2,1H3. The number of esters is 1. The van der Waals surface area contributed by atoms with Crippen molar-refractivity contribution in [3.63, 3.8) is 0 Å². The summed E-state index contributed by atoms with van der Waals surface area (Å²) in [5.41, 5.74) is 0.248. The molecule has 20 heavy (non-hydrogen) atoms. The fourth-order valence-corrected chi connectivity index (χ4v) is 2.27. The van der Waals surface area contributed by atoms with E-state index in [9.17, 15) is 18.0 Å². The highest BCUT2D eigenvalue weighted by atomic mass is 127. The number of halogens is 5. The van der Waals surface area contributed by atoms with Crippen molar-refractivity contribution in [2.75, 3.05) is 6.61 Å². The van der Waals surface area contributed by atoms with Gasteiger partial charge in [-0.3, -0.25) is 4.79 Å². The number of pyridine rings is 1. The molecule has 0 N–H and O–H groups in total. The maximum absolute atomic E-state index is 12.4. The number of carbonyl (C=O) groups is 1. The second-order valence-corrected chi connectivity index (χ2v) is 4.83. The molecule has 1 rings (SSSR count). The Hall–Kier alpha value is -0.770. The molecule has 0 radical (unpaired) electrons. The normalized spacial score (nSPS) is 11.3. The molecule has 0 amide bonds. The van der Waals surface area contributed by atoms with Gasteiger partial charge in [0.25, 0.3) is 0 Å².